The number of alkyl halides is 3. The van der Waals surface area contributed by atoms with Crippen LogP contribution in [-0.4, -0.2) is 41.5 Å². The molecular weight excluding hydrogens is 319 g/mol. The van der Waals surface area contributed by atoms with Gasteiger partial charge in [-0.05, 0) is 50.0 Å². The third-order valence-electron chi connectivity index (χ3n) is 5.17. The predicted molar refractivity (Wildman–Crippen MR) is 83.7 cm³/mol. The van der Waals surface area contributed by atoms with E-state index in [0.717, 1.165) is 44.6 Å². The highest BCUT2D eigenvalue weighted by Crippen LogP contribution is 2.32. The molecule has 3 aliphatic rings. The van der Waals surface area contributed by atoms with E-state index >= 15 is 0 Å². The summed E-state index contributed by atoms with van der Waals surface area (Å²) in [5.41, 5.74) is -0.0918. The maximum absolute atomic E-state index is 12.8. The highest BCUT2D eigenvalue weighted by atomic mass is 19.4. The van der Waals surface area contributed by atoms with Crippen LogP contribution in [0.25, 0.3) is 10.9 Å². The lowest BCUT2D eigenvalue weighted by atomic mass is 9.84. The molecule has 2 bridgehead atoms. The molecule has 0 radical (unpaired) electrons. The van der Waals surface area contributed by atoms with Crippen molar-refractivity contribution < 1.29 is 18.0 Å². The summed E-state index contributed by atoms with van der Waals surface area (Å²) in [7, 11) is 0. The number of benzene rings is 1. The van der Waals surface area contributed by atoms with Crippen molar-refractivity contribution in [1.82, 2.24) is 15.2 Å². The molecule has 1 atom stereocenters. The number of hydrogen-bond acceptors (Lipinski definition) is 2. The van der Waals surface area contributed by atoms with Crippen molar-refractivity contribution in [3.8, 4) is 0 Å². The Morgan fingerprint density at radius 2 is 1.96 bits per heavy atom. The van der Waals surface area contributed by atoms with Gasteiger partial charge >= 0.3 is 6.18 Å². The summed E-state index contributed by atoms with van der Waals surface area (Å²) in [6.45, 7) is 3.03. The first-order chi connectivity index (χ1) is 11.4. The Morgan fingerprint density at radius 3 is 2.58 bits per heavy atom. The van der Waals surface area contributed by atoms with Crippen molar-refractivity contribution in [2.45, 2.75) is 25.1 Å². The first-order valence-electron chi connectivity index (χ1n) is 8.13. The second kappa shape index (κ2) is 5.51. The Kier molecular flexibility index (Phi) is 3.56. The van der Waals surface area contributed by atoms with Crippen molar-refractivity contribution >= 4 is 16.8 Å². The number of rotatable bonds is 2. The molecule has 2 N–H and O–H groups in total. The number of nitrogens with one attached hydrogen (secondary N) is 2. The van der Waals surface area contributed by atoms with Crippen LogP contribution >= 0.6 is 0 Å². The molecule has 5 rings (SSSR count). The number of amides is 1. The molecule has 1 aromatic heterocycles. The average molecular weight is 337 g/mol. The van der Waals surface area contributed by atoms with Crippen molar-refractivity contribution in [3.05, 3.63) is 35.5 Å². The largest absolute Gasteiger partial charge is 0.416 e. The van der Waals surface area contributed by atoms with E-state index < -0.39 is 11.7 Å². The van der Waals surface area contributed by atoms with Gasteiger partial charge in [-0.3, -0.25) is 4.79 Å². The van der Waals surface area contributed by atoms with Gasteiger partial charge in [0.2, 0.25) is 0 Å². The molecule has 4 nitrogen and oxygen atoms in total. The van der Waals surface area contributed by atoms with Crippen LogP contribution in [0.2, 0.25) is 0 Å². The van der Waals surface area contributed by atoms with Gasteiger partial charge in [-0.15, -0.1) is 0 Å². The van der Waals surface area contributed by atoms with E-state index in [1.54, 1.807) is 6.07 Å². The Morgan fingerprint density at radius 1 is 1.21 bits per heavy atom. The molecule has 0 spiro atoms. The average Bonchev–Trinajstić information content (AvgIpc) is 2.98. The van der Waals surface area contributed by atoms with E-state index in [9.17, 15) is 18.0 Å². The topological polar surface area (TPSA) is 48.1 Å². The number of piperidine rings is 3. The number of nitrogens with zero attached hydrogens (tertiary/aromatic N) is 1. The van der Waals surface area contributed by atoms with E-state index in [1.165, 1.54) is 6.07 Å². The summed E-state index contributed by atoms with van der Waals surface area (Å²) in [6, 6.07) is 5.19. The summed E-state index contributed by atoms with van der Waals surface area (Å²) in [5, 5.41) is 3.64. The lowest BCUT2D eigenvalue weighted by molar-refractivity contribution is -0.137. The summed E-state index contributed by atoms with van der Waals surface area (Å²) >= 11 is 0. The number of hydrogen-bond donors (Lipinski definition) is 2. The molecule has 3 fully saturated rings. The molecular formula is C17H18F3N3O. The van der Waals surface area contributed by atoms with Crippen LogP contribution in [0.5, 0.6) is 0 Å². The predicted octanol–water partition coefficient (Wildman–Crippen LogP) is 3.01. The molecule has 1 unspecified atom stereocenters. The number of H-pyrrole nitrogens is 1. The fraction of sp³-hybridized carbons (Fsp3) is 0.471. The van der Waals surface area contributed by atoms with Gasteiger partial charge in [-0.25, -0.2) is 0 Å². The normalized spacial score (nSPS) is 26.7. The second-order valence-electron chi connectivity index (χ2n) is 6.70. The van der Waals surface area contributed by atoms with Crippen LogP contribution in [0.3, 0.4) is 0 Å². The van der Waals surface area contributed by atoms with Gasteiger partial charge in [0, 0.05) is 23.5 Å². The van der Waals surface area contributed by atoms with Crippen LogP contribution in [-0.2, 0) is 6.18 Å². The SMILES string of the molecule is O=C(NC1CN2CCC1CC2)c1cc2ccc(C(F)(F)F)cc2[nH]1. The van der Waals surface area contributed by atoms with Gasteiger partial charge in [0.25, 0.3) is 5.91 Å². The van der Waals surface area contributed by atoms with Gasteiger partial charge in [-0.2, -0.15) is 13.2 Å². The molecule has 1 amide bonds. The van der Waals surface area contributed by atoms with Crippen LogP contribution in [0, 0.1) is 5.92 Å². The summed E-state index contributed by atoms with van der Waals surface area (Å²) in [4.78, 5) is 17.6. The van der Waals surface area contributed by atoms with Gasteiger partial charge in [0.15, 0.2) is 0 Å². The molecule has 0 saturated carbocycles. The zero-order chi connectivity index (χ0) is 16.9. The molecule has 0 aliphatic carbocycles. The van der Waals surface area contributed by atoms with E-state index in [2.05, 4.69) is 15.2 Å². The van der Waals surface area contributed by atoms with Gasteiger partial charge in [0.05, 0.1) is 5.56 Å². The molecule has 1 aromatic carbocycles. The molecule has 4 heterocycles. The minimum Gasteiger partial charge on any atom is -0.351 e. The Hall–Kier alpha value is -2.02. The third-order valence-corrected chi connectivity index (χ3v) is 5.17. The zero-order valence-corrected chi connectivity index (χ0v) is 13.0. The standard InChI is InChI=1S/C17H18F3N3O/c18-17(19,20)12-2-1-11-7-14(21-13(11)8-12)16(24)22-15-9-23-5-3-10(15)4-6-23/h1-2,7-8,10,15,21H,3-6,9H2,(H,22,24). The maximum atomic E-state index is 12.8. The number of aromatic nitrogens is 1. The van der Waals surface area contributed by atoms with Crippen molar-refractivity contribution in [2.75, 3.05) is 19.6 Å². The van der Waals surface area contributed by atoms with E-state index in [0.29, 0.717) is 22.5 Å². The van der Waals surface area contributed by atoms with Gasteiger partial charge in [0.1, 0.15) is 5.69 Å². The first-order valence-corrected chi connectivity index (χ1v) is 8.13. The number of fused-ring (bicyclic) bond motifs is 4. The molecule has 3 aliphatic heterocycles. The molecule has 7 heteroatoms. The van der Waals surface area contributed by atoms with Crippen LogP contribution in [0.15, 0.2) is 24.3 Å². The number of carbonyl (C=O) groups is 1. The molecule has 24 heavy (non-hydrogen) atoms. The zero-order valence-electron chi connectivity index (χ0n) is 13.0. The summed E-state index contributed by atoms with van der Waals surface area (Å²) in [5.74, 6) is 0.249. The highest BCUT2D eigenvalue weighted by molar-refractivity contribution is 5.98. The Balaban J connectivity index is 1.54. The second-order valence-corrected chi connectivity index (χ2v) is 6.70. The van der Waals surface area contributed by atoms with E-state index in [4.69, 9.17) is 0 Å². The summed E-state index contributed by atoms with van der Waals surface area (Å²) in [6.07, 6.45) is -2.21. The lowest BCUT2D eigenvalue weighted by Gasteiger charge is -2.44. The first kappa shape index (κ1) is 15.5. The van der Waals surface area contributed by atoms with Crippen LogP contribution in [0.4, 0.5) is 13.2 Å². The number of carbonyl (C=O) groups excluding carboxylic acids is 1. The minimum absolute atomic E-state index is 0.122. The van der Waals surface area contributed by atoms with Crippen LogP contribution in [0.1, 0.15) is 28.9 Å². The Bertz CT molecular complexity index is 775. The highest BCUT2D eigenvalue weighted by Gasteiger charge is 2.35. The fourth-order valence-electron chi connectivity index (χ4n) is 3.80. The third kappa shape index (κ3) is 2.77. The molecule has 2 aromatic rings. The quantitative estimate of drug-likeness (QED) is 0.885. The van der Waals surface area contributed by atoms with Crippen molar-refractivity contribution in [3.63, 3.8) is 0 Å². The maximum Gasteiger partial charge on any atom is 0.416 e. The number of halogens is 3. The minimum atomic E-state index is -4.39. The van der Waals surface area contributed by atoms with Crippen molar-refractivity contribution in [2.24, 2.45) is 5.92 Å². The number of aromatic amines is 1. The van der Waals surface area contributed by atoms with E-state index in [1.807, 2.05) is 0 Å². The lowest BCUT2D eigenvalue weighted by Crippen LogP contribution is -2.57. The van der Waals surface area contributed by atoms with E-state index in [-0.39, 0.29) is 11.9 Å². The van der Waals surface area contributed by atoms with Crippen LogP contribution < -0.4 is 5.32 Å². The van der Waals surface area contributed by atoms with Gasteiger partial charge in [-0.1, -0.05) is 6.07 Å². The molecule has 128 valence electrons. The fourth-order valence-corrected chi connectivity index (χ4v) is 3.80. The van der Waals surface area contributed by atoms with Gasteiger partial charge < -0.3 is 15.2 Å². The Labute approximate surface area is 137 Å². The smallest absolute Gasteiger partial charge is 0.351 e. The van der Waals surface area contributed by atoms with Crippen molar-refractivity contribution in [1.29, 1.82) is 0 Å². The molecule has 3 saturated heterocycles. The summed E-state index contributed by atoms with van der Waals surface area (Å²) < 4.78 is 38.3. The monoisotopic (exact) mass is 337 g/mol.